The molecule has 1 unspecified atom stereocenters. The molecule has 0 aromatic heterocycles. The summed E-state index contributed by atoms with van der Waals surface area (Å²) < 4.78 is 5.85. The minimum absolute atomic E-state index is 0. The van der Waals surface area contributed by atoms with Crippen molar-refractivity contribution in [2.75, 3.05) is 26.8 Å². The van der Waals surface area contributed by atoms with E-state index in [0.717, 1.165) is 50.8 Å². The summed E-state index contributed by atoms with van der Waals surface area (Å²) in [5.41, 5.74) is 0.715. The van der Waals surface area contributed by atoms with Crippen LogP contribution in [0.15, 0.2) is 5.16 Å². The Hall–Kier alpha value is -1.14. The second-order valence-electron chi connectivity index (χ2n) is 10.1. The predicted molar refractivity (Wildman–Crippen MR) is 118 cm³/mol. The third-order valence-corrected chi connectivity index (χ3v) is 8.74. The Morgan fingerprint density at radius 1 is 1.17 bits per heavy atom. The number of ether oxygens (including phenoxy) is 1. The van der Waals surface area contributed by atoms with Crippen LogP contribution < -0.4 is 5.32 Å². The molecular weight excluding hydrogens is 404 g/mol. The standard InChI is InChI=1S/C23H36N2O4.ClH/c1-22-9-7-15(25-29-12-4-11-24-3)13-19(22)21(27)28-14-16-17-5-6-20(26)23(17,2)10-8-18(16)22;/h16-19,24H,4-14H2,1-3H3;1H/b25-15-;/t16-,17-,18-,19?,22+,23-;/m0./s1. The third-order valence-electron chi connectivity index (χ3n) is 8.74. The van der Waals surface area contributed by atoms with Crippen molar-refractivity contribution in [2.45, 2.75) is 65.2 Å². The molecule has 0 aromatic carbocycles. The molecule has 3 saturated carbocycles. The molecule has 4 aliphatic rings. The van der Waals surface area contributed by atoms with Gasteiger partial charge in [0.05, 0.1) is 18.2 Å². The number of fused-ring (bicyclic) bond motifs is 5. The topological polar surface area (TPSA) is 77.0 Å². The molecule has 170 valence electrons. The van der Waals surface area contributed by atoms with Gasteiger partial charge in [-0.25, -0.2) is 0 Å². The first kappa shape index (κ1) is 23.5. The lowest BCUT2D eigenvalue weighted by molar-refractivity contribution is -0.151. The van der Waals surface area contributed by atoms with E-state index in [9.17, 15) is 9.59 Å². The van der Waals surface area contributed by atoms with Crippen molar-refractivity contribution < 1.29 is 19.2 Å². The quantitative estimate of drug-likeness (QED) is 0.400. The van der Waals surface area contributed by atoms with Crippen LogP contribution in [0.4, 0.5) is 0 Å². The molecule has 6 nitrogen and oxygen atoms in total. The predicted octanol–water partition coefficient (Wildman–Crippen LogP) is 3.77. The number of nitrogens with one attached hydrogen (secondary N) is 1. The summed E-state index contributed by atoms with van der Waals surface area (Å²) in [6, 6.07) is 0. The zero-order valence-electron chi connectivity index (χ0n) is 18.6. The Bertz CT molecular complexity index is 699. The van der Waals surface area contributed by atoms with Gasteiger partial charge in [-0.3, -0.25) is 9.59 Å². The number of Topliss-reactive ketones (excluding diaryl/α,β-unsaturated/α-hetero) is 1. The van der Waals surface area contributed by atoms with Gasteiger partial charge in [-0.15, -0.1) is 12.4 Å². The van der Waals surface area contributed by atoms with E-state index < -0.39 is 0 Å². The molecule has 1 heterocycles. The van der Waals surface area contributed by atoms with Gasteiger partial charge in [0.2, 0.25) is 0 Å². The summed E-state index contributed by atoms with van der Waals surface area (Å²) in [7, 11) is 1.92. The first-order valence-corrected chi connectivity index (χ1v) is 11.4. The summed E-state index contributed by atoms with van der Waals surface area (Å²) in [4.78, 5) is 31.1. The maximum absolute atomic E-state index is 13.0. The summed E-state index contributed by atoms with van der Waals surface area (Å²) in [6.07, 6.45) is 7.04. The van der Waals surface area contributed by atoms with Crippen molar-refractivity contribution in [3.05, 3.63) is 0 Å². The lowest BCUT2D eigenvalue weighted by atomic mass is 9.50. The van der Waals surface area contributed by atoms with Gasteiger partial charge in [0.1, 0.15) is 12.4 Å². The molecule has 0 radical (unpaired) electrons. The van der Waals surface area contributed by atoms with E-state index in [1.54, 1.807) is 0 Å². The first-order chi connectivity index (χ1) is 13.9. The SMILES string of the molecule is CNCCCO/N=C1/CC[C@@]2(C)C(C1)C(=O)OC[C@@H]1[C@@H]2CC[C@]2(C)C(=O)CC[C@@H]12.Cl. The van der Waals surface area contributed by atoms with E-state index in [1.165, 1.54) is 0 Å². The highest BCUT2D eigenvalue weighted by atomic mass is 35.5. The van der Waals surface area contributed by atoms with Crippen molar-refractivity contribution >= 4 is 29.9 Å². The molecule has 7 heteroatoms. The molecule has 1 aliphatic heterocycles. The summed E-state index contributed by atoms with van der Waals surface area (Å²) in [5.74, 6) is 1.33. The van der Waals surface area contributed by atoms with Gasteiger partial charge in [-0.2, -0.15) is 0 Å². The summed E-state index contributed by atoms with van der Waals surface area (Å²) >= 11 is 0. The zero-order chi connectivity index (χ0) is 20.6. The van der Waals surface area contributed by atoms with Gasteiger partial charge in [0.25, 0.3) is 0 Å². The highest BCUT2D eigenvalue weighted by Crippen LogP contribution is 2.62. The summed E-state index contributed by atoms with van der Waals surface area (Å²) in [6.45, 7) is 6.44. The Labute approximate surface area is 186 Å². The fourth-order valence-corrected chi connectivity index (χ4v) is 6.88. The van der Waals surface area contributed by atoms with Gasteiger partial charge in [0, 0.05) is 24.2 Å². The molecule has 1 N–H and O–H groups in total. The minimum atomic E-state index is -0.202. The number of hydrogen-bond acceptors (Lipinski definition) is 6. The molecule has 6 atom stereocenters. The lowest BCUT2D eigenvalue weighted by Gasteiger charge is -2.52. The van der Waals surface area contributed by atoms with E-state index in [0.29, 0.717) is 49.6 Å². The molecule has 3 aliphatic carbocycles. The fourth-order valence-electron chi connectivity index (χ4n) is 6.88. The van der Waals surface area contributed by atoms with Gasteiger partial charge >= 0.3 is 5.97 Å². The summed E-state index contributed by atoms with van der Waals surface area (Å²) in [5, 5.41) is 7.45. The Morgan fingerprint density at radius 3 is 2.73 bits per heavy atom. The Kier molecular flexibility index (Phi) is 7.18. The van der Waals surface area contributed by atoms with Crippen LogP contribution in [-0.4, -0.2) is 44.3 Å². The van der Waals surface area contributed by atoms with Crippen LogP contribution >= 0.6 is 12.4 Å². The van der Waals surface area contributed by atoms with Crippen LogP contribution in [0.1, 0.15) is 65.2 Å². The van der Waals surface area contributed by atoms with Gasteiger partial charge in [-0.05, 0) is 69.4 Å². The zero-order valence-corrected chi connectivity index (χ0v) is 19.4. The average Bonchev–Trinajstić information content (AvgIpc) is 2.95. The molecule has 1 saturated heterocycles. The van der Waals surface area contributed by atoms with Gasteiger partial charge in [0.15, 0.2) is 0 Å². The number of hydrogen-bond donors (Lipinski definition) is 1. The van der Waals surface area contributed by atoms with Gasteiger partial charge in [-0.1, -0.05) is 19.0 Å². The molecule has 30 heavy (non-hydrogen) atoms. The van der Waals surface area contributed by atoms with Crippen molar-refractivity contribution in [2.24, 2.45) is 39.7 Å². The molecule has 0 spiro atoms. The van der Waals surface area contributed by atoms with Crippen molar-refractivity contribution in [3.8, 4) is 0 Å². The second-order valence-corrected chi connectivity index (χ2v) is 10.1. The fraction of sp³-hybridized carbons (Fsp3) is 0.870. The van der Waals surface area contributed by atoms with Crippen LogP contribution in [0.25, 0.3) is 0 Å². The number of oxime groups is 1. The van der Waals surface area contributed by atoms with Crippen molar-refractivity contribution in [1.82, 2.24) is 5.32 Å². The molecule has 4 fully saturated rings. The Balaban J connectivity index is 0.00000256. The van der Waals surface area contributed by atoms with E-state index in [2.05, 4.69) is 24.3 Å². The second kappa shape index (κ2) is 9.15. The number of carbonyl (C=O) groups excluding carboxylic acids is 2. The van der Waals surface area contributed by atoms with E-state index in [-0.39, 0.29) is 35.1 Å². The number of halogens is 1. The maximum atomic E-state index is 13.0. The van der Waals surface area contributed by atoms with Crippen LogP contribution in [0.3, 0.4) is 0 Å². The average molecular weight is 441 g/mol. The molecule has 4 rings (SSSR count). The highest BCUT2D eigenvalue weighted by molar-refractivity contribution is 5.90. The van der Waals surface area contributed by atoms with Crippen molar-refractivity contribution in [1.29, 1.82) is 0 Å². The highest BCUT2D eigenvalue weighted by Gasteiger charge is 2.61. The van der Waals surface area contributed by atoms with E-state index in [1.807, 2.05) is 7.05 Å². The van der Waals surface area contributed by atoms with E-state index >= 15 is 0 Å². The third kappa shape index (κ3) is 3.90. The normalized spacial score (nSPS) is 41.8. The van der Waals surface area contributed by atoms with Crippen LogP contribution in [0.2, 0.25) is 0 Å². The lowest BCUT2D eigenvalue weighted by Crippen LogP contribution is -2.50. The van der Waals surface area contributed by atoms with Gasteiger partial charge < -0.3 is 14.9 Å². The number of ketones is 1. The molecule has 0 aromatic rings. The van der Waals surface area contributed by atoms with E-state index in [4.69, 9.17) is 9.57 Å². The first-order valence-electron chi connectivity index (χ1n) is 11.4. The number of nitrogens with zero attached hydrogens (tertiary/aromatic N) is 1. The van der Waals surface area contributed by atoms with Crippen molar-refractivity contribution in [3.63, 3.8) is 0 Å². The number of cyclic esters (lactones) is 1. The number of carbonyl (C=O) groups is 2. The molecule has 0 bridgehead atoms. The number of esters is 1. The maximum Gasteiger partial charge on any atom is 0.309 e. The van der Waals surface area contributed by atoms with Crippen LogP contribution in [0, 0.1) is 34.5 Å². The number of rotatable bonds is 5. The smallest absolute Gasteiger partial charge is 0.309 e. The monoisotopic (exact) mass is 440 g/mol. The van der Waals surface area contributed by atoms with Crippen LogP contribution in [-0.2, 0) is 19.2 Å². The van der Waals surface area contributed by atoms with Crippen LogP contribution in [0.5, 0.6) is 0 Å². The molecule has 0 amide bonds. The Morgan fingerprint density at radius 2 is 1.97 bits per heavy atom. The molecular formula is C23H37ClN2O4. The minimum Gasteiger partial charge on any atom is -0.465 e. The largest absolute Gasteiger partial charge is 0.465 e.